The zero-order chi connectivity index (χ0) is 68.2. The Morgan fingerprint density at radius 3 is 2.21 bits per heavy atom. The molecule has 5 atom stereocenters. The van der Waals surface area contributed by atoms with Gasteiger partial charge in [0.1, 0.15) is 31.5 Å². The number of rotatable bonds is 11. The third-order valence-corrected chi connectivity index (χ3v) is 20.7. The number of hydrogen-bond donors (Lipinski definition) is 2. The highest BCUT2D eigenvalue weighted by Crippen LogP contribution is 2.45. The second-order valence-electron chi connectivity index (χ2n) is 26.9. The number of ether oxygens (including phenoxy) is 3. The highest BCUT2D eigenvalue weighted by Gasteiger charge is 2.39. The minimum absolute atomic E-state index is 0.00352. The number of nitriles is 1. The Balaban J connectivity index is 0.000000174. The van der Waals surface area contributed by atoms with E-state index >= 15 is 0 Å². The maximum absolute atomic E-state index is 14.6. The number of carbonyl (C=O) groups excluding carboxylic acids is 3. The molecule has 8 aliphatic rings. The van der Waals surface area contributed by atoms with E-state index in [0.717, 1.165) is 107 Å². The van der Waals surface area contributed by atoms with Gasteiger partial charge in [0.25, 0.3) is 11.5 Å². The number of nitrogens with zero attached hydrogens (tertiary/aromatic N) is 12. The number of esters is 1. The number of piperazine rings is 1. The molecule has 14 rings (SSSR count). The van der Waals surface area contributed by atoms with Crippen LogP contribution in [0.5, 0.6) is 6.01 Å². The molecule has 3 aromatic carbocycles. The van der Waals surface area contributed by atoms with Crippen LogP contribution in [0.1, 0.15) is 140 Å². The average molecular weight is 1310 g/mol. The Labute approximate surface area is 561 Å². The summed E-state index contributed by atoms with van der Waals surface area (Å²) in [6.07, 6.45) is 9.88. The van der Waals surface area contributed by atoms with Crippen LogP contribution in [0.2, 0.25) is 0 Å². The molecule has 0 spiro atoms. The SMILES string of the molecule is C=C(COC(=O)N1CCCC1)C(=O)N1CCN(c2nc(OCC3CCCN3C)nc3c2CCN(c2cccc4cccc(C)c24)C3)CC1CC#N.CCC1C(=O)OCc2c1cc1n(c2=O)Cc2c-1nc1cc(F)c(C)c3c1c2C(N)CC3.CCC1CCCN1C.CN(C)C(=O)O. The van der Waals surface area contributed by atoms with Crippen molar-refractivity contribution in [2.75, 3.05) is 104 Å². The second kappa shape index (κ2) is 29.7. The van der Waals surface area contributed by atoms with E-state index in [2.05, 4.69) is 96.6 Å². The molecular formula is C73H92FN13O9. The fourth-order valence-electron chi connectivity index (χ4n) is 15.2. The lowest BCUT2D eigenvalue weighted by Crippen LogP contribution is -2.56. The Morgan fingerprint density at radius 1 is 0.823 bits per heavy atom. The Bertz CT molecular complexity index is 4070. The number of nitrogens with two attached hydrogens (primary N) is 1. The van der Waals surface area contributed by atoms with E-state index in [9.17, 15) is 33.6 Å². The number of carboxylic acid groups (broad SMARTS) is 1. The summed E-state index contributed by atoms with van der Waals surface area (Å²) in [6, 6.07) is 19.6. The normalized spacial score (nSPS) is 20.9. The van der Waals surface area contributed by atoms with E-state index in [-0.39, 0.29) is 60.5 Å². The number of carbonyl (C=O) groups is 4. The van der Waals surface area contributed by atoms with Crippen LogP contribution in [-0.4, -0.2) is 185 Å². The van der Waals surface area contributed by atoms with Crippen LogP contribution < -0.4 is 25.8 Å². The third kappa shape index (κ3) is 14.1. The number of likely N-dealkylation sites (tertiary alicyclic amines) is 3. The van der Waals surface area contributed by atoms with Gasteiger partial charge < -0.3 is 63.9 Å². The van der Waals surface area contributed by atoms with Crippen molar-refractivity contribution in [3.05, 3.63) is 127 Å². The van der Waals surface area contributed by atoms with E-state index in [4.69, 9.17) is 40.0 Å². The topological polar surface area (TPSA) is 249 Å². The second-order valence-corrected chi connectivity index (χ2v) is 26.9. The predicted octanol–water partition coefficient (Wildman–Crippen LogP) is 9.78. The van der Waals surface area contributed by atoms with Gasteiger partial charge in [-0.05, 0) is 157 Å². The van der Waals surface area contributed by atoms with Crippen LogP contribution in [0, 0.1) is 31.0 Å². The van der Waals surface area contributed by atoms with Gasteiger partial charge >= 0.3 is 24.2 Å². The van der Waals surface area contributed by atoms with E-state index in [1.165, 1.54) is 68.0 Å². The number of cyclic esters (lactones) is 1. The van der Waals surface area contributed by atoms with Crippen LogP contribution in [0.4, 0.5) is 25.5 Å². The van der Waals surface area contributed by atoms with Crippen molar-refractivity contribution in [3.8, 4) is 23.5 Å². The molecule has 5 unspecified atom stereocenters. The van der Waals surface area contributed by atoms with Crippen molar-refractivity contribution in [1.29, 1.82) is 5.26 Å². The predicted molar refractivity (Wildman–Crippen MR) is 367 cm³/mol. The highest BCUT2D eigenvalue weighted by atomic mass is 19.1. The van der Waals surface area contributed by atoms with Crippen LogP contribution in [0.3, 0.4) is 0 Å². The molecule has 10 heterocycles. The fourth-order valence-corrected chi connectivity index (χ4v) is 15.2. The summed E-state index contributed by atoms with van der Waals surface area (Å²) < 4.78 is 33.4. The third-order valence-electron chi connectivity index (χ3n) is 20.7. The first-order valence-corrected chi connectivity index (χ1v) is 34.1. The number of halogens is 1. The highest BCUT2D eigenvalue weighted by molar-refractivity contribution is 5.97. The summed E-state index contributed by atoms with van der Waals surface area (Å²) in [5, 5.41) is 21.1. The minimum atomic E-state index is -0.907. The van der Waals surface area contributed by atoms with Gasteiger partial charge in [-0.1, -0.05) is 50.8 Å². The molecule has 0 radical (unpaired) electrons. The molecule has 6 aromatic rings. The van der Waals surface area contributed by atoms with Gasteiger partial charge in [-0.2, -0.15) is 15.2 Å². The lowest BCUT2D eigenvalue weighted by Gasteiger charge is -2.42. The zero-order valence-electron chi connectivity index (χ0n) is 56.9. The number of anilines is 2. The van der Waals surface area contributed by atoms with Crippen molar-refractivity contribution < 1.29 is 42.9 Å². The molecule has 22 nitrogen and oxygen atoms in total. The van der Waals surface area contributed by atoms with Crippen LogP contribution in [-0.2, 0) is 51.6 Å². The van der Waals surface area contributed by atoms with E-state index < -0.39 is 18.1 Å². The first-order chi connectivity index (χ1) is 46.2. The van der Waals surface area contributed by atoms with Crippen LogP contribution in [0.15, 0.2) is 65.5 Å². The maximum atomic E-state index is 14.6. The summed E-state index contributed by atoms with van der Waals surface area (Å²) >= 11 is 0. The summed E-state index contributed by atoms with van der Waals surface area (Å²) in [5.74, 6) is -0.509. The number of aryl methyl sites for hydroxylation is 2. The van der Waals surface area contributed by atoms with Crippen LogP contribution >= 0.6 is 0 Å². The summed E-state index contributed by atoms with van der Waals surface area (Å²) in [6.45, 7) is 19.3. The number of aromatic nitrogens is 4. The maximum Gasteiger partial charge on any atom is 0.410 e. The number of amides is 3. The van der Waals surface area contributed by atoms with Crippen molar-refractivity contribution in [2.24, 2.45) is 5.73 Å². The lowest BCUT2D eigenvalue weighted by atomic mass is 9.82. The van der Waals surface area contributed by atoms with E-state index in [1.807, 2.05) is 13.0 Å². The zero-order valence-corrected chi connectivity index (χ0v) is 56.9. The number of benzene rings is 3. The lowest BCUT2D eigenvalue weighted by molar-refractivity contribution is -0.148. The smallest absolute Gasteiger partial charge is 0.410 e. The van der Waals surface area contributed by atoms with Crippen molar-refractivity contribution >= 4 is 57.2 Å². The molecule has 0 bridgehead atoms. The summed E-state index contributed by atoms with van der Waals surface area (Å²) in [5.41, 5.74) is 17.8. The standard InChI is InChI=1S/C39H48N8O4.C24H22FN3O3.C7H15N.C3H7NO2/c1-27-9-6-10-29-11-7-13-34(35(27)29)45-20-15-32-33(24-45)41-38(50-26-31-12-8-17-43(31)3)42-36(32)46-21-22-47(30(23-46)14-16-40)37(48)28(2)25-51-39(49)44-18-4-5-19-44;1-3-11-13-6-19-22-14(8-28(19)23(29)15(13)9-31-24(11)30)20-17(26)5-4-12-10(2)16(25)7-18(27-22)21(12)20;1-3-7-5-4-6-8(7)2;1-4(2)3(5)6/h6-7,9-11,13,30-31H,2,4-5,8,12,14-15,17-26H2,1,3H3;6-7,11,17H,3-5,8-9,26H2,1-2H3;7H,3-6H2,1-2H3;1-2H3,(H,5,6). The molecule has 7 aliphatic heterocycles. The first kappa shape index (κ1) is 68.7. The minimum Gasteiger partial charge on any atom is -0.465 e. The number of hydrogen-bond acceptors (Lipinski definition) is 17. The molecule has 3 amide bonds. The molecule has 510 valence electrons. The molecule has 23 heteroatoms. The molecule has 0 saturated carbocycles. The van der Waals surface area contributed by atoms with Crippen molar-refractivity contribution in [3.63, 3.8) is 0 Å². The summed E-state index contributed by atoms with van der Waals surface area (Å²) in [4.78, 5) is 90.0. The Morgan fingerprint density at radius 2 is 1.54 bits per heavy atom. The molecule has 96 heavy (non-hydrogen) atoms. The monoisotopic (exact) mass is 1310 g/mol. The quantitative estimate of drug-likeness (QED) is 0.0903. The molecule has 4 fully saturated rings. The van der Waals surface area contributed by atoms with Crippen LogP contribution in [0.25, 0.3) is 33.1 Å². The number of likely N-dealkylation sites (N-methyl/N-ethyl adjacent to an activating group) is 1. The largest absolute Gasteiger partial charge is 0.465 e. The van der Waals surface area contributed by atoms with E-state index in [0.29, 0.717) is 105 Å². The molecule has 3 aromatic heterocycles. The van der Waals surface area contributed by atoms with Crippen molar-refractivity contribution in [2.45, 2.75) is 155 Å². The first-order valence-electron chi connectivity index (χ1n) is 34.1. The average Bonchev–Trinajstić information content (AvgIpc) is 1.45. The van der Waals surface area contributed by atoms with Gasteiger partial charge in [-0.15, -0.1) is 0 Å². The number of pyridine rings is 2. The fraction of sp³-hybridized carbons (Fsp3) is 0.521. The van der Waals surface area contributed by atoms with Gasteiger partial charge in [0.15, 0.2) is 0 Å². The van der Waals surface area contributed by atoms with Gasteiger partial charge in [-0.25, -0.2) is 19.0 Å². The summed E-state index contributed by atoms with van der Waals surface area (Å²) in [7, 11) is 7.30. The molecule has 4 saturated heterocycles. The van der Waals surface area contributed by atoms with E-state index in [1.54, 1.807) is 21.3 Å². The van der Waals surface area contributed by atoms with Gasteiger partial charge in [0.2, 0.25) is 0 Å². The molecular weight excluding hydrogens is 1220 g/mol. The molecule has 3 N–H and O–H groups in total. The Kier molecular flexibility index (Phi) is 21.3. The number of fused-ring (bicyclic) bond motifs is 7. The Hall–Kier alpha value is -8.72. The molecule has 1 aliphatic carbocycles. The van der Waals surface area contributed by atoms with Crippen molar-refractivity contribution in [1.82, 2.24) is 44.0 Å². The van der Waals surface area contributed by atoms with Gasteiger partial charge in [-0.3, -0.25) is 14.4 Å². The van der Waals surface area contributed by atoms with Gasteiger partial charge in [0, 0.05) is 111 Å². The van der Waals surface area contributed by atoms with Gasteiger partial charge in [0.05, 0.1) is 65.7 Å².